The molecule has 0 bridgehead atoms. The lowest BCUT2D eigenvalue weighted by Gasteiger charge is -2.20. The first-order chi connectivity index (χ1) is 6.79. The van der Waals surface area contributed by atoms with Crippen LogP contribution in [0.5, 0.6) is 0 Å². The molecule has 0 aromatic carbocycles. The Morgan fingerprint density at radius 2 is 1.50 bits per heavy atom. The van der Waals surface area contributed by atoms with Crippen LogP contribution in [0, 0.1) is 11.8 Å². The van der Waals surface area contributed by atoms with Crippen molar-refractivity contribution in [3.05, 3.63) is 0 Å². The van der Waals surface area contributed by atoms with Gasteiger partial charge in [0, 0.05) is 11.8 Å². The second kappa shape index (κ2) is 6.18. The van der Waals surface area contributed by atoms with Gasteiger partial charge < -0.3 is 5.32 Å². The van der Waals surface area contributed by atoms with Crippen LogP contribution >= 0.6 is 0 Å². The topological polar surface area (TPSA) is 29.1 Å². The van der Waals surface area contributed by atoms with Crippen LogP contribution in [0.15, 0.2) is 0 Å². The molecule has 1 saturated carbocycles. The largest absolute Gasteiger partial charge is 0.317 e. The highest BCUT2D eigenvalue weighted by molar-refractivity contribution is 5.85. The summed E-state index contributed by atoms with van der Waals surface area (Å²) in [6.45, 7) is 6.34. The molecule has 1 saturated heterocycles. The minimum atomic E-state index is 0.406. The summed E-state index contributed by atoms with van der Waals surface area (Å²) in [7, 11) is 0. The summed E-state index contributed by atoms with van der Waals surface area (Å²) in [5, 5.41) is 3.28. The maximum atomic E-state index is 11.5. The second-order valence-electron chi connectivity index (χ2n) is 4.41. The summed E-state index contributed by atoms with van der Waals surface area (Å²) in [5.41, 5.74) is 0. The van der Waals surface area contributed by atoms with Crippen molar-refractivity contribution < 1.29 is 4.79 Å². The fourth-order valence-corrected chi connectivity index (χ4v) is 1.81. The molecule has 0 aromatic heterocycles. The molecule has 0 spiro atoms. The third kappa shape index (κ3) is 3.79. The Morgan fingerprint density at radius 1 is 1.07 bits per heavy atom. The van der Waals surface area contributed by atoms with Crippen molar-refractivity contribution in [3.8, 4) is 0 Å². The Morgan fingerprint density at radius 3 is 1.93 bits per heavy atom. The zero-order chi connectivity index (χ0) is 10.4. The number of carbonyl (C=O) groups is 1. The summed E-state index contributed by atoms with van der Waals surface area (Å²) in [6, 6.07) is 0. The smallest absolute Gasteiger partial charge is 0.139 e. The van der Waals surface area contributed by atoms with Gasteiger partial charge in [-0.2, -0.15) is 0 Å². The van der Waals surface area contributed by atoms with Crippen LogP contribution in [-0.2, 0) is 4.79 Å². The fourth-order valence-electron chi connectivity index (χ4n) is 1.81. The molecule has 1 aliphatic heterocycles. The maximum absolute atomic E-state index is 11.5. The van der Waals surface area contributed by atoms with Gasteiger partial charge in [0.2, 0.25) is 0 Å². The van der Waals surface area contributed by atoms with E-state index in [0.717, 1.165) is 25.9 Å². The molecule has 14 heavy (non-hydrogen) atoms. The van der Waals surface area contributed by atoms with Gasteiger partial charge in [0.15, 0.2) is 0 Å². The molecule has 0 atom stereocenters. The highest BCUT2D eigenvalue weighted by atomic mass is 16.1. The average molecular weight is 197 g/mol. The van der Waals surface area contributed by atoms with E-state index in [4.69, 9.17) is 0 Å². The number of ketones is 1. The number of Topliss-reactive ketones (excluding diaryl/α,β-unsaturated/α-hetero) is 1. The lowest BCUT2D eigenvalue weighted by Crippen LogP contribution is -2.32. The van der Waals surface area contributed by atoms with Crippen LogP contribution in [0.25, 0.3) is 0 Å². The van der Waals surface area contributed by atoms with Gasteiger partial charge in [0.1, 0.15) is 5.78 Å². The lowest BCUT2D eigenvalue weighted by atomic mass is 9.91. The van der Waals surface area contributed by atoms with Crippen molar-refractivity contribution in [1.29, 1.82) is 0 Å². The summed E-state index contributed by atoms with van der Waals surface area (Å²) in [4.78, 5) is 11.5. The summed E-state index contributed by atoms with van der Waals surface area (Å²) in [6.07, 6.45) is 5.75. The molecule has 1 N–H and O–H groups in total. The lowest BCUT2D eigenvalue weighted by molar-refractivity contribution is -0.124. The first-order valence-electron chi connectivity index (χ1n) is 6.04. The Balaban J connectivity index is 0.000000293. The van der Waals surface area contributed by atoms with Gasteiger partial charge in [-0.1, -0.05) is 20.3 Å². The molecule has 0 amide bonds. The number of carbonyl (C=O) groups excluding carboxylic acids is 1. The summed E-state index contributed by atoms with van der Waals surface area (Å²) >= 11 is 0. The molecular formula is C12H23NO. The Kier molecular flexibility index (Phi) is 5.16. The standard InChI is InChI=1S/C9H15NO.C3H8/c11-9(7-1-2-7)8-3-5-10-6-4-8;1-3-2/h7-8,10H,1-6H2;3H2,1-2H3. The van der Waals surface area contributed by atoms with E-state index in [1.54, 1.807) is 0 Å². The van der Waals surface area contributed by atoms with Crippen LogP contribution < -0.4 is 5.32 Å². The second-order valence-corrected chi connectivity index (χ2v) is 4.41. The summed E-state index contributed by atoms with van der Waals surface area (Å²) < 4.78 is 0. The third-order valence-corrected chi connectivity index (χ3v) is 2.72. The van der Waals surface area contributed by atoms with Gasteiger partial charge >= 0.3 is 0 Å². The maximum Gasteiger partial charge on any atom is 0.139 e. The quantitative estimate of drug-likeness (QED) is 0.736. The van der Waals surface area contributed by atoms with Crippen molar-refractivity contribution in [1.82, 2.24) is 5.32 Å². The van der Waals surface area contributed by atoms with E-state index < -0.39 is 0 Å². The molecule has 2 aliphatic rings. The van der Waals surface area contributed by atoms with E-state index in [1.165, 1.54) is 19.3 Å². The van der Waals surface area contributed by atoms with Gasteiger partial charge in [0.25, 0.3) is 0 Å². The number of nitrogens with one attached hydrogen (secondary N) is 1. The van der Waals surface area contributed by atoms with E-state index >= 15 is 0 Å². The van der Waals surface area contributed by atoms with E-state index in [9.17, 15) is 4.79 Å². The van der Waals surface area contributed by atoms with E-state index in [0.29, 0.717) is 17.6 Å². The first-order valence-corrected chi connectivity index (χ1v) is 6.04. The molecule has 2 fully saturated rings. The molecular weight excluding hydrogens is 174 g/mol. The predicted molar refractivity (Wildman–Crippen MR) is 59.3 cm³/mol. The molecule has 2 heteroatoms. The number of rotatable bonds is 2. The number of piperidine rings is 1. The molecule has 0 aromatic rings. The Bertz CT molecular complexity index is 169. The first kappa shape index (κ1) is 11.7. The van der Waals surface area contributed by atoms with E-state index in [1.807, 2.05) is 0 Å². The molecule has 2 nitrogen and oxygen atoms in total. The monoisotopic (exact) mass is 197 g/mol. The Hall–Kier alpha value is -0.370. The molecule has 2 rings (SSSR count). The summed E-state index contributed by atoms with van der Waals surface area (Å²) in [5.74, 6) is 1.44. The van der Waals surface area contributed by atoms with Gasteiger partial charge in [-0.3, -0.25) is 4.79 Å². The number of hydrogen-bond donors (Lipinski definition) is 1. The highest BCUT2D eigenvalue weighted by Gasteiger charge is 2.34. The third-order valence-electron chi connectivity index (χ3n) is 2.72. The molecule has 0 unspecified atom stereocenters. The molecule has 82 valence electrons. The zero-order valence-electron chi connectivity index (χ0n) is 9.51. The van der Waals surface area contributed by atoms with Crippen LogP contribution in [0.1, 0.15) is 46.0 Å². The van der Waals surface area contributed by atoms with Crippen molar-refractivity contribution >= 4 is 5.78 Å². The van der Waals surface area contributed by atoms with Gasteiger partial charge in [-0.15, -0.1) is 0 Å². The molecule has 1 heterocycles. The minimum Gasteiger partial charge on any atom is -0.317 e. The van der Waals surface area contributed by atoms with Crippen LogP contribution in [0.3, 0.4) is 0 Å². The highest BCUT2D eigenvalue weighted by Crippen LogP contribution is 2.34. The van der Waals surface area contributed by atoms with E-state index in [-0.39, 0.29) is 0 Å². The van der Waals surface area contributed by atoms with Crippen LogP contribution in [0.2, 0.25) is 0 Å². The Labute approximate surface area is 87.5 Å². The predicted octanol–water partition coefficient (Wildman–Crippen LogP) is 2.38. The fraction of sp³-hybridized carbons (Fsp3) is 0.917. The molecule has 1 aliphatic carbocycles. The number of hydrogen-bond acceptors (Lipinski definition) is 2. The van der Waals surface area contributed by atoms with Gasteiger partial charge in [-0.25, -0.2) is 0 Å². The SMILES string of the molecule is CCC.O=C(C1CCNCC1)C1CC1. The van der Waals surface area contributed by atoms with Crippen LogP contribution in [-0.4, -0.2) is 18.9 Å². The van der Waals surface area contributed by atoms with Crippen molar-refractivity contribution in [2.24, 2.45) is 11.8 Å². The van der Waals surface area contributed by atoms with Crippen LogP contribution in [0.4, 0.5) is 0 Å². The van der Waals surface area contributed by atoms with Gasteiger partial charge in [-0.05, 0) is 38.8 Å². The van der Waals surface area contributed by atoms with Crippen molar-refractivity contribution in [3.63, 3.8) is 0 Å². The van der Waals surface area contributed by atoms with Crippen molar-refractivity contribution in [2.45, 2.75) is 46.0 Å². The van der Waals surface area contributed by atoms with Crippen molar-refractivity contribution in [2.75, 3.05) is 13.1 Å². The normalized spacial score (nSPS) is 22.4. The average Bonchev–Trinajstić information content (AvgIpc) is 3.03. The van der Waals surface area contributed by atoms with E-state index in [2.05, 4.69) is 19.2 Å². The molecule has 0 radical (unpaired) electrons. The zero-order valence-corrected chi connectivity index (χ0v) is 9.51. The minimum absolute atomic E-state index is 0.406. The van der Waals surface area contributed by atoms with Gasteiger partial charge in [0.05, 0.1) is 0 Å².